The molecular formula is C15H17N7S. The highest BCUT2D eigenvalue weighted by Gasteiger charge is 2.41. The monoisotopic (exact) mass is 327 g/mol. The van der Waals surface area contributed by atoms with Crippen LogP contribution < -0.4 is 9.80 Å². The fourth-order valence-corrected chi connectivity index (χ4v) is 4.56. The van der Waals surface area contributed by atoms with Crippen LogP contribution in [0.15, 0.2) is 24.2 Å². The molecule has 0 spiro atoms. The van der Waals surface area contributed by atoms with Gasteiger partial charge in [-0.25, -0.2) is 19.9 Å². The Morgan fingerprint density at radius 1 is 1.00 bits per heavy atom. The minimum atomic E-state index is 0.678. The second kappa shape index (κ2) is 4.89. The van der Waals surface area contributed by atoms with Crippen molar-refractivity contribution >= 4 is 33.5 Å². The van der Waals surface area contributed by atoms with E-state index in [0.29, 0.717) is 11.8 Å². The van der Waals surface area contributed by atoms with E-state index in [-0.39, 0.29) is 0 Å². The summed E-state index contributed by atoms with van der Waals surface area (Å²) in [6, 6.07) is 0. The maximum Gasteiger partial charge on any atom is 0.185 e. The van der Waals surface area contributed by atoms with E-state index in [1.807, 2.05) is 24.1 Å². The number of imidazole rings is 1. The molecule has 2 aliphatic rings. The molecule has 0 aromatic carbocycles. The van der Waals surface area contributed by atoms with Gasteiger partial charge in [-0.1, -0.05) is 0 Å². The SMILES string of the molecule is Cn1cnc2ncnc(N3CC4CN(c5nccs5)CC4C3)c21. The minimum Gasteiger partial charge on any atom is -0.354 e. The van der Waals surface area contributed by atoms with Crippen LogP contribution in [-0.2, 0) is 7.05 Å². The van der Waals surface area contributed by atoms with E-state index in [4.69, 9.17) is 0 Å². The highest BCUT2D eigenvalue weighted by Crippen LogP contribution is 2.37. The molecule has 0 aliphatic carbocycles. The van der Waals surface area contributed by atoms with E-state index in [1.54, 1.807) is 17.7 Å². The molecule has 2 unspecified atom stereocenters. The number of rotatable bonds is 2. The van der Waals surface area contributed by atoms with Gasteiger partial charge in [-0.2, -0.15) is 0 Å². The van der Waals surface area contributed by atoms with Crippen LogP contribution in [0.2, 0.25) is 0 Å². The van der Waals surface area contributed by atoms with Crippen LogP contribution in [-0.4, -0.2) is 50.7 Å². The smallest absolute Gasteiger partial charge is 0.185 e. The Hall–Kier alpha value is -2.22. The average Bonchev–Trinajstić information content (AvgIpc) is 3.29. The molecule has 0 amide bonds. The van der Waals surface area contributed by atoms with Crippen LogP contribution in [0.1, 0.15) is 0 Å². The molecule has 7 nitrogen and oxygen atoms in total. The van der Waals surface area contributed by atoms with Crippen LogP contribution in [0.25, 0.3) is 11.2 Å². The molecule has 8 heteroatoms. The number of hydrogen-bond donors (Lipinski definition) is 0. The Morgan fingerprint density at radius 2 is 1.78 bits per heavy atom. The molecule has 0 radical (unpaired) electrons. The molecule has 0 N–H and O–H groups in total. The zero-order valence-electron chi connectivity index (χ0n) is 12.8. The molecule has 3 aromatic heterocycles. The summed E-state index contributed by atoms with van der Waals surface area (Å²) in [6.07, 6.45) is 5.32. The van der Waals surface area contributed by atoms with Gasteiger partial charge in [0.05, 0.1) is 6.33 Å². The zero-order chi connectivity index (χ0) is 15.4. The Bertz CT molecular complexity index is 829. The van der Waals surface area contributed by atoms with Crippen molar-refractivity contribution in [3.63, 3.8) is 0 Å². The summed E-state index contributed by atoms with van der Waals surface area (Å²) in [5, 5.41) is 3.21. The molecule has 2 aliphatic heterocycles. The van der Waals surface area contributed by atoms with Gasteiger partial charge in [0.2, 0.25) is 0 Å². The number of fused-ring (bicyclic) bond motifs is 2. The van der Waals surface area contributed by atoms with Gasteiger partial charge in [0.25, 0.3) is 0 Å². The van der Waals surface area contributed by atoms with Crippen molar-refractivity contribution in [1.29, 1.82) is 0 Å². The third-order valence-electron chi connectivity index (χ3n) is 4.97. The lowest BCUT2D eigenvalue weighted by Gasteiger charge is -2.22. The molecule has 5 rings (SSSR count). The molecule has 118 valence electrons. The molecule has 2 saturated heterocycles. The fourth-order valence-electron chi connectivity index (χ4n) is 3.90. The molecule has 2 atom stereocenters. The summed E-state index contributed by atoms with van der Waals surface area (Å²) in [5.74, 6) is 2.37. The maximum atomic E-state index is 4.55. The van der Waals surface area contributed by atoms with Gasteiger partial charge in [0.1, 0.15) is 11.8 Å². The summed E-state index contributed by atoms with van der Waals surface area (Å²) in [4.78, 5) is 22.4. The Kier molecular flexibility index (Phi) is 2.81. The first-order valence-electron chi connectivity index (χ1n) is 7.81. The number of anilines is 2. The first-order valence-corrected chi connectivity index (χ1v) is 8.69. The van der Waals surface area contributed by atoms with Crippen molar-refractivity contribution in [2.24, 2.45) is 18.9 Å². The van der Waals surface area contributed by atoms with E-state index in [2.05, 4.69) is 35.1 Å². The predicted molar refractivity (Wildman–Crippen MR) is 89.8 cm³/mol. The van der Waals surface area contributed by atoms with Crippen LogP contribution in [0.4, 0.5) is 10.9 Å². The molecule has 5 heterocycles. The normalized spacial score (nSPS) is 23.9. The summed E-state index contributed by atoms with van der Waals surface area (Å²) < 4.78 is 2.01. The lowest BCUT2D eigenvalue weighted by molar-refractivity contribution is 0.533. The number of nitrogens with zero attached hydrogens (tertiary/aromatic N) is 7. The quantitative estimate of drug-likeness (QED) is 0.709. The molecule has 2 fully saturated rings. The van der Waals surface area contributed by atoms with E-state index in [0.717, 1.165) is 48.3 Å². The van der Waals surface area contributed by atoms with Gasteiger partial charge in [-0.3, -0.25) is 0 Å². The van der Waals surface area contributed by atoms with Crippen molar-refractivity contribution in [1.82, 2.24) is 24.5 Å². The van der Waals surface area contributed by atoms with Crippen LogP contribution in [0.5, 0.6) is 0 Å². The highest BCUT2D eigenvalue weighted by atomic mass is 32.1. The van der Waals surface area contributed by atoms with Gasteiger partial charge in [0.15, 0.2) is 16.6 Å². The number of aryl methyl sites for hydroxylation is 1. The molecule has 0 bridgehead atoms. The minimum absolute atomic E-state index is 0.678. The van der Waals surface area contributed by atoms with Gasteiger partial charge >= 0.3 is 0 Å². The molecular weight excluding hydrogens is 310 g/mol. The van der Waals surface area contributed by atoms with Gasteiger partial charge in [0, 0.05) is 56.6 Å². The summed E-state index contributed by atoms with van der Waals surface area (Å²) in [7, 11) is 2.00. The maximum absolute atomic E-state index is 4.55. The topological polar surface area (TPSA) is 63.0 Å². The summed E-state index contributed by atoms with van der Waals surface area (Å²) in [6.45, 7) is 4.27. The average molecular weight is 327 g/mol. The first-order chi connectivity index (χ1) is 11.3. The van der Waals surface area contributed by atoms with Crippen LogP contribution >= 0.6 is 11.3 Å². The summed E-state index contributed by atoms with van der Waals surface area (Å²) >= 11 is 1.73. The standard InChI is InChI=1S/C15H17N7S/c1-20-9-19-13-12(20)14(18-8-17-13)21-4-10-6-22(7-11(10)5-21)15-16-2-3-23-15/h2-3,8-11H,4-7H2,1H3. The first kappa shape index (κ1) is 13.2. The second-order valence-corrected chi connectivity index (χ2v) is 7.24. The van der Waals surface area contributed by atoms with Gasteiger partial charge in [-0.15, -0.1) is 11.3 Å². The van der Waals surface area contributed by atoms with Gasteiger partial charge < -0.3 is 14.4 Å². The van der Waals surface area contributed by atoms with E-state index in [1.165, 1.54) is 0 Å². The van der Waals surface area contributed by atoms with E-state index < -0.39 is 0 Å². The number of aromatic nitrogens is 5. The van der Waals surface area contributed by atoms with Crippen molar-refractivity contribution < 1.29 is 0 Å². The predicted octanol–water partition coefficient (Wildman–Crippen LogP) is 1.39. The third-order valence-corrected chi connectivity index (χ3v) is 5.80. The van der Waals surface area contributed by atoms with Crippen molar-refractivity contribution in [2.75, 3.05) is 36.0 Å². The zero-order valence-corrected chi connectivity index (χ0v) is 13.6. The van der Waals surface area contributed by atoms with E-state index in [9.17, 15) is 0 Å². The van der Waals surface area contributed by atoms with Crippen LogP contribution in [0, 0.1) is 11.8 Å². The molecule has 0 saturated carbocycles. The Balaban J connectivity index is 1.40. The van der Waals surface area contributed by atoms with Gasteiger partial charge in [-0.05, 0) is 0 Å². The van der Waals surface area contributed by atoms with Crippen molar-refractivity contribution in [3.05, 3.63) is 24.2 Å². The number of thiazole rings is 1. The third kappa shape index (κ3) is 2.01. The highest BCUT2D eigenvalue weighted by molar-refractivity contribution is 7.13. The largest absolute Gasteiger partial charge is 0.354 e. The Labute approximate surface area is 137 Å². The van der Waals surface area contributed by atoms with E-state index >= 15 is 0 Å². The lowest BCUT2D eigenvalue weighted by Crippen LogP contribution is -2.29. The molecule has 23 heavy (non-hydrogen) atoms. The Morgan fingerprint density at radius 3 is 2.52 bits per heavy atom. The summed E-state index contributed by atoms with van der Waals surface area (Å²) in [5.41, 5.74) is 1.81. The van der Waals surface area contributed by atoms with Crippen LogP contribution in [0.3, 0.4) is 0 Å². The lowest BCUT2D eigenvalue weighted by atomic mass is 10.0. The van der Waals surface area contributed by atoms with Crippen molar-refractivity contribution in [3.8, 4) is 0 Å². The van der Waals surface area contributed by atoms with Crippen molar-refractivity contribution in [2.45, 2.75) is 0 Å². The number of hydrogen-bond acceptors (Lipinski definition) is 7. The molecule has 3 aromatic rings. The second-order valence-electron chi connectivity index (χ2n) is 6.37. The fraction of sp³-hybridized carbons (Fsp3) is 0.467.